The van der Waals surface area contributed by atoms with Crippen LogP contribution in [0.5, 0.6) is 0 Å². The molecule has 0 radical (unpaired) electrons. The summed E-state index contributed by atoms with van der Waals surface area (Å²) >= 11 is 0. The Balaban J connectivity index is 1.47. The summed E-state index contributed by atoms with van der Waals surface area (Å²) in [6.07, 6.45) is 3.97. The molecule has 6 nitrogen and oxygen atoms in total. The van der Waals surface area contributed by atoms with Gasteiger partial charge >= 0.3 is 0 Å². The number of rotatable bonds is 8. The quantitative estimate of drug-likeness (QED) is 0.461. The molecule has 0 unspecified atom stereocenters. The van der Waals surface area contributed by atoms with Crippen molar-refractivity contribution in [3.8, 4) is 11.3 Å². The van der Waals surface area contributed by atoms with E-state index < -0.39 is 0 Å². The molecule has 2 N–H and O–H groups in total. The van der Waals surface area contributed by atoms with Gasteiger partial charge in [0.2, 0.25) is 5.91 Å². The Morgan fingerprint density at radius 1 is 1.12 bits per heavy atom. The van der Waals surface area contributed by atoms with Crippen LogP contribution >= 0.6 is 0 Å². The van der Waals surface area contributed by atoms with E-state index in [-0.39, 0.29) is 11.8 Å². The summed E-state index contributed by atoms with van der Waals surface area (Å²) in [6.45, 7) is 8.14. The molecule has 1 saturated heterocycles. The summed E-state index contributed by atoms with van der Waals surface area (Å²) in [5, 5.41) is 6.82. The number of piperidine rings is 1. The first-order chi connectivity index (χ1) is 16.5. The molecule has 1 aliphatic heterocycles. The predicted octanol–water partition coefficient (Wildman–Crippen LogP) is 5.10. The molecule has 0 bridgehead atoms. The smallest absolute Gasteiger partial charge is 0.252 e. The average molecular weight is 459 g/mol. The van der Waals surface area contributed by atoms with Gasteiger partial charge in [0.25, 0.3) is 5.91 Å². The van der Waals surface area contributed by atoms with Crippen molar-refractivity contribution in [1.82, 2.24) is 15.2 Å². The van der Waals surface area contributed by atoms with Gasteiger partial charge in [0.1, 0.15) is 0 Å². The minimum absolute atomic E-state index is 0.0228. The van der Waals surface area contributed by atoms with E-state index in [0.717, 1.165) is 59.8 Å². The Kier molecular flexibility index (Phi) is 7.91. The van der Waals surface area contributed by atoms with Crippen molar-refractivity contribution < 1.29 is 9.59 Å². The molecule has 3 aromatic rings. The van der Waals surface area contributed by atoms with Crippen LogP contribution in [0, 0.1) is 5.92 Å². The molecular formula is C28H34N4O2. The first-order valence-electron chi connectivity index (χ1n) is 12.3. The largest absolute Gasteiger partial charge is 0.352 e. The third-order valence-corrected chi connectivity index (χ3v) is 6.42. The van der Waals surface area contributed by atoms with Crippen LogP contribution in [0.25, 0.3) is 22.2 Å². The van der Waals surface area contributed by atoms with Gasteiger partial charge in [0.15, 0.2) is 0 Å². The number of likely N-dealkylation sites (tertiary alicyclic amines) is 1. The second-order valence-electron chi connectivity index (χ2n) is 9.21. The molecule has 178 valence electrons. The summed E-state index contributed by atoms with van der Waals surface area (Å²) in [6, 6.07) is 17.2. The van der Waals surface area contributed by atoms with Crippen LogP contribution in [0.2, 0.25) is 0 Å². The van der Waals surface area contributed by atoms with E-state index in [9.17, 15) is 9.59 Å². The van der Waals surface area contributed by atoms with Gasteiger partial charge < -0.3 is 15.5 Å². The van der Waals surface area contributed by atoms with Crippen LogP contribution in [0.15, 0.2) is 54.6 Å². The molecule has 4 rings (SSSR count). The standard InChI is InChI=1S/C28H34N4O2/c1-3-27(33)30-22-13-11-21(12-14-22)26-18-24(23-9-4-5-10-25(23)31-26)28(34)29-15-7-17-32-16-6-8-20(2)19-32/h4-5,9-14,18,20H,3,6-8,15-17,19H2,1-2H3,(H,29,34)(H,30,33)/t20-/m1/s1. The number of para-hydroxylation sites is 1. The Hall–Kier alpha value is -3.25. The van der Waals surface area contributed by atoms with Crippen LogP contribution in [-0.2, 0) is 4.79 Å². The Labute approximate surface area is 201 Å². The number of hydrogen-bond acceptors (Lipinski definition) is 4. The molecule has 2 amide bonds. The average Bonchev–Trinajstić information content (AvgIpc) is 2.86. The van der Waals surface area contributed by atoms with Gasteiger partial charge in [-0.05, 0) is 62.5 Å². The second kappa shape index (κ2) is 11.3. The fourth-order valence-electron chi connectivity index (χ4n) is 4.57. The monoisotopic (exact) mass is 458 g/mol. The number of nitrogens with zero attached hydrogens (tertiary/aromatic N) is 2. The number of amides is 2. The summed E-state index contributed by atoms with van der Waals surface area (Å²) < 4.78 is 0. The summed E-state index contributed by atoms with van der Waals surface area (Å²) in [5.41, 5.74) is 3.80. The highest BCUT2D eigenvalue weighted by atomic mass is 16.2. The molecule has 0 aliphatic carbocycles. The van der Waals surface area contributed by atoms with Gasteiger partial charge in [-0.15, -0.1) is 0 Å². The third kappa shape index (κ3) is 6.00. The van der Waals surface area contributed by atoms with Crippen LogP contribution < -0.4 is 10.6 Å². The van der Waals surface area contributed by atoms with Gasteiger partial charge in [0, 0.05) is 36.1 Å². The lowest BCUT2D eigenvalue weighted by Gasteiger charge is -2.30. The Morgan fingerprint density at radius 2 is 1.91 bits per heavy atom. The minimum atomic E-state index is -0.0707. The zero-order chi connectivity index (χ0) is 23.9. The van der Waals surface area contributed by atoms with Crippen molar-refractivity contribution in [3.63, 3.8) is 0 Å². The molecule has 1 fully saturated rings. The fraction of sp³-hybridized carbons (Fsp3) is 0.393. The number of carbonyl (C=O) groups is 2. The van der Waals surface area contributed by atoms with Crippen LogP contribution in [0.1, 0.15) is 49.9 Å². The number of pyridine rings is 1. The van der Waals surface area contributed by atoms with E-state index in [1.807, 2.05) is 61.5 Å². The van der Waals surface area contributed by atoms with Crippen molar-refractivity contribution in [2.24, 2.45) is 5.92 Å². The van der Waals surface area contributed by atoms with Crippen LogP contribution in [-0.4, -0.2) is 47.9 Å². The number of carbonyl (C=O) groups excluding carboxylic acids is 2. The lowest BCUT2D eigenvalue weighted by Crippen LogP contribution is -2.36. The summed E-state index contributed by atoms with van der Waals surface area (Å²) in [4.78, 5) is 32.1. The van der Waals surface area contributed by atoms with Crippen LogP contribution in [0.3, 0.4) is 0 Å². The molecule has 0 spiro atoms. The van der Waals surface area contributed by atoms with E-state index in [1.54, 1.807) is 0 Å². The maximum Gasteiger partial charge on any atom is 0.252 e. The van der Waals surface area contributed by atoms with E-state index in [4.69, 9.17) is 4.98 Å². The first-order valence-corrected chi connectivity index (χ1v) is 12.3. The normalized spacial score (nSPS) is 16.4. The zero-order valence-corrected chi connectivity index (χ0v) is 20.1. The molecule has 1 aromatic heterocycles. The van der Waals surface area contributed by atoms with Gasteiger partial charge in [0.05, 0.1) is 16.8 Å². The molecular weight excluding hydrogens is 424 g/mol. The highest BCUT2D eigenvalue weighted by Crippen LogP contribution is 2.26. The number of hydrogen-bond donors (Lipinski definition) is 2. The first kappa shape index (κ1) is 23.9. The highest BCUT2D eigenvalue weighted by Gasteiger charge is 2.17. The van der Waals surface area contributed by atoms with E-state index in [0.29, 0.717) is 18.5 Å². The maximum atomic E-state index is 13.2. The summed E-state index contributed by atoms with van der Waals surface area (Å²) in [5.74, 6) is 0.672. The third-order valence-electron chi connectivity index (χ3n) is 6.42. The molecule has 2 aromatic carbocycles. The SMILES string of the molecule is CCC(=O)Nc1ccc(-c2cc(C(=O)NCCCN3CCC[C@@H](C)C3)c3ccccc3n2)cc1. The number of anilines is 1. The Bertz CT molecular complexity index is 1140. The van der Waals surface area contributed by atoms with Gasteiger partial charge in [-0.25, -0.2) is 4.98 Å². The van der Waals surface area contributed by atoms with Crippen molar-refractivity contribution in [1.29, 1.82) is 0 Å². The molecule has 34 heavy (non-hydrogen) atoms. The van der Waals surface area contributed by atoms with E-state index in [2.05, 4.69) is 22.5 Å². The molecule has 6 heteroatoms. The summed E-state index contributed by atoms with van der Waals surface area (Å²) in [7, 11) is 0. The number of aromatic nitrogens is 1. The van der Waals surface area contributed by atoms with Crippen molar-refractivity contribution in [3.05, 3.63) is 60.2 Å². The fourth-order valence-corrected chi connectivity index (χ4v) is 4.57. The van der Waals surface area contributed by atoms with Crippen molar-refractivity contribution in [2.75, 3.05) is 31.5 Å². The number of benzene rings is 2. The molecule has 1 aliphatic rings. The van der Waals surface area contributed by atoms with Crippen LogP contribution in [0.4, 0.5) is 5.69 Å². The van der Waals surface area contributed by atoms with Gasteiger partial charge in [-0.2, -0.15) is 0 Å². The number of fused-ring (bicyclic) bond motifs is 1. The lowest BCUT2D eigenvalue weighted by molar-refractivity contribution is -0.115. The number of nitrogens with one attached hydrogen (secondary N) is 2. The maximum absolute atomic E-state index is 13.2. The second-order valence-corrected chi connectivity index (χ2v) is 9.21. The predicted molar refractivity (Wildman–Crippen MR) is 138 cm³/mol. The Morgan fingerprint density at radius 3 is 2.68 bits per heavy atom. The van der Waals surface area contributed by atoms with E-state index in [1.165, 1.54) is 12.8 Å². The van der Waals surface area contributed by atoms with E-state index >= 15 is 0 Å². The molecule has 0 saturated carbocycles. The van der Waals surface area contributed by atoms with Gasteiger partial charge in [-0.3, -0.25) is 9.59 Å². The minimum Gasteiger partial charge on any atom is -0.352 e. The zero-order valence-electron chi connectivity index (χ0n) is 20.1. The highest BCUT2D eigenvalue weighted by molar-refractivity contribution is 6.07. The molecule has 1 atom stereocenters. The van der Waals surface area contributed by atoms with Crippen molar-refractivity contribution in [2.45, 2.75) is 39.5 Å². The van der Waals surface area contributed by atoms with Crippen molar-refractivity contribution >= 4 is 28.4 Å². The molecule has 2 heterocycles. The topological polar surface area (TPSA) is 74.3 Å². The lowest BCUT2D eigenvalue weighted by atomic mass is 10.0. The van der Waals surface area contributed by atoms with Gasteiger partial charge in [-0.1, -0.05) is 44.2 Å².